The minimum absolute atomic E-state index is 0.277. The van der Waals surface area contributed by atoms with Crippen LogP contribution in [0.3, 0.4) is 0 Å². The molecule has 0 radical (unpaired) electrons. The number of para-hydroxylation sites is 1. The van der Waals surface area contributed by atoms with Crippen LogP contribution in [0.4, 0.5) is 0 Å². The number of rotatable bonds is 4. The Morgan fingerprint density at radius 1 is 1.35 bits per heavy atom. The molecular formula is C15H15NO4. The van der Waals surface area contributed by atoms with Crippen LogP contribution in [0.5, 0.6) is 5.75 Å². The minimum Gasteiger partial charge on any atom is -0.496 e. The highest BCUT2D eigenvalue weighted by Gasteiger charge is 2.07. The van der Waals surface area contributed by atoms with Gasteiger partial charge < -0.3 is 9.47 Å². The van der Waals surface area contributed by atoms with Crippen molar-refractivity contribution in [3.63, 3.8) is 0 Å². The van der Waals surface area contributed by atoms with Crippen LogP contribution in [0.25, 0.3) is 17.1 Å². The van der Waals surface area contributed by atoms with Crippen molar-refractivity contribution in [1.29, 1.82) is 0 Å². The zero-order chi connectivity index (χ0) is 14.5. The quantitative estimate of drug-likeness (QED) is 0.632. The smallest absolute Gasteiger partial charge is 0.332 e. The Bertz CT molecular complexity index is 715. The molecule has 1 aromatic carbocycles. The summed E-state index contributed by atoms with van der Waals surface area (Å²) in [6, 6.07) is 8.69. The van der Waals surface area contributed by atoms with Crippen LogP contribution in [0.1, 0.15) is 6.92 Å². The molecule has 2 rings (SSSR count). The molecule has 0 saturated carbocycles. The van der Waals surface area contributed by atoms with E-state index in [1.54, 1.807) is 13.0 Å². The maximum absolute atomic E-state index is 12.1. The molecule has 0 unspecified atom stereocenters. The number of hydrogen-bond acceptors (Lipinski definition) is 4. The molecule has 20 heavy (non-hydrogen) atoms. The van der Waals surface area contributed by atoms with Gasteiger partial charge in [-0.3, -0.25) is 9.36 Å². The van der Waals surface area contributed by atoms with Gasteiger partial charge in [-0.05, 0) is 19.1 Å². The van der Waals surface area contributed by atoms with Gasteiger partial charge in [0, 0.05) is 23.7 Å². The number of methoxy groups -OCH3 is 1. The number of hydrogen-bond donors (Lipinski definition) is 0. The van der Waals surface area contributed by atoms with Crippen molar-refractivity contribution in [3.8, 4) is 5.75 Å². The van der Waals surface area contributed by atoms with Crippen LogP contribution in [-0.4, -0.2) is 24.3 Å². The van der Waals surface area contributed by atoms with Crippen LogP contribution in [-0.2, 0) is 9.53 Å². The normalized spacial score (nSPS) is 10.9. The summed E-state index contributed by atoms with van der Waals surface area (Å²) < 4.78 is 11.4. The summed E-state index contributed by atoms with van der Waals surface area (Å²) in [5.41, 5.74) is 0.387. The molecule has 0 amide bonds. The van der Waals surface area contributed by atoms with Crippen molar-refractivity contribution in [2.75, 3.05) is 13.7 Å². The molecule has 0 atom stereocenters. The molecule has 0 N–H and O–H groups in total. The lowest BCUT2D eigenvalue weighted by molar-refractivity contribution is -0.137. The molecule has 0 aliphatic carbocycles. The Morgan fingerprint density at radius 2 is 2.10 bits per heavy atom. The summed E-state index contributed by atoms with van der Waals surface area (Å²) >= 11 is 0. The number of carbonyl (C=O) groups excluding carboxylic acids is 1. The molecule has 0 aliphatic heterocycles. The van der Waals surface area contributed by atoms with Gasteiger partial charge >= 0.3 is 5.97 Å². The number of aromatic nitrogens is 1. The first kappa shape index (κ1) is 13.9. The van der Waals surface area contributed by atoms with Gasteiger partial charge in [-0.15, -0.1) is 0 Å². The Kier molecular flexibility index (Phi) is 4.20. The predicted molar refractivity (Wildman–Crippen MR) is 76.7 cm³/mol. The molecule has 1 aromatic heterocycles. The van der Waals surface area contributed by atoms with Crippen LogP contribution < -0.4 is 10.3 Å². The van der Waals surface area contributed by atoms with Gasteiger partial charge in [-0.25, -0.2) is 4.79 Å². The monoisotopic (exact) mass is 273 g/mol. The van der Waals surface area contributed by atoms with Crippen molar-refractivity contribution in [2.24, 2.45) is 0 Å². The largest absolute Gasteiger partial charge is 0.496 e. The molecule has 0 aliphatic rings. The highest BCUT2D eigenvalue weighted by molar-refractivity contribution is 5.89. The third kappa shape index (κ3) is 2.71. The highest BCUT2D eigenvalue weighted by Crippen LogP contribution is 2.22. The van der Waals surface area contributed by atoms with E-state index >= 15 is 0 Å². The summed E-state index contributed by atoms with van der Waals surface area (Å²) in [4.78, 5) is 23.4. The first-order valence-corrected chi connectivity index (χ1v) is 6.20. The highest BCUT2D eigenvalue weighted by atomic mass is 16.5. The number of benzene rings is 1. The molecule has 104 valence electrons. The standard InChI is InChI=1S/C15H15NO4/c1-3-20-15(18)8-9-16-12-7-5-4-6-11(12)13(19-2)10-14(16)17/h4-10H,3H2,1-2H3/b9-8+. The van der Waals surface area contributed by atoms with Crippen LogP contribution >= 0.6 is 0 Å². The molecule has 2 aromatic rings. The Balaban J connectivity index is 2.56. The van der Waals surface area contributed by atoms with Crippen molar-refractivity contribution in [3.05, 3.63) is 46.8 Å². The molecule has 5 nitrogen and oxygen atoms in total. The number of nitrogens with zero attached hydrogens (tertiary/aromatic N) is 1. The van der Waals surface area contributed by atoms with Crippen LogP contribution in [0, 0.1) is 0 Å². The molecule has 0 spiro atoms. The van der Waals surface area contributed by atoms with Gasteiger partial charge in [0.25, 0.3) is 5.56 Å². The van der Waals surface area contributed by atoms with Crippen molar-refractivity contribution >= 4 is 23.1 Å². The topological polar surface area (TPSA) is 57.5 Å². The summed E-state index contributed by atoms with van der Waals surface area (Å²) in [6.07, 6.45) is 2.63. The number of ether oxygens (including phenoxy) is 2. The lowest BCUT2D eigenvalue weighted by Gasteiger charge is -2.09. The Hall–Kier alpha value is -2.56. The molecule has 0 saturated heterocycles. The summed E-state index contributed by atoms with van der Waals surface area (Å²) in [7, 11) is 1.51. The number of carbonyl (C=O) groups is 1. The second-order valence-electron chi connectivity index (χ2n) is 4.01. The summed E-state index contributed by atoms with van der Waals surface area (Å²) in [5.74, 6) is 0.0192. The molecule has 0 bridgehead atoms. The van der Waals surface area contributed by atoms with Gasteiger partial charge in [-0.1, -0.05) is 12.1 Å². The van der Waals surface area contributed by atoms with Crippen LogP contribution in [0.2, 0.25) is 0 Å². The molecular weight excluding hydrogens is 258 g/mol. The maximum atomic E-state index is 12.1. The maximum Gasteiger partial charge on any atom is 0.332 e. The fraction of sp³-hybridized carbons (Fsp3) is 0.200. The first-order chi connectivity index (χ1) is 9.67. The fourth-order valence-electron chi connectivity index (χ4n) is 1.92. The third-order valence-corrected chi connectivity index (χ3v) is 2.79. The van der Waals surface area contributed by atoms with E-state index < -0.39 is 5.97 Å². The second-order valence-corrected chi connectivity index (χ2v) is 4.01. The van der Waals surface area contributed by atoms with Gasteiger partial charge in [0.05, 0.1) is 19.2 Å². The summed E-state index contributed by atoms with van der Waals surface area (Å²) in [5, 5.41) is 0.795. The number of pyridine rings is 1. The molecule has 5 heteroatoms. The zero-order valence-corrected chi connectivity index (χ0v) is 11.3. The van der Waals surface area contributed by atoms with E-state index in [0.717, 1.165) is 5.39 Å². The van der Waals surface area contributed by atoms with Crippen molar-refractivity contribution in [2.45, 2.75) is 6.92 Å². The van der Waals surface area contributed by atoms with Gasteiger partial charge in [-0.2, -0.15) is 0 Å². The Morgan fingerprint density at radius 3 is 2.80 bits per heavy atom. The van der Waals surface area contributed by atoms with E-state index in [1.807, 2.05) is 18.2 Å². The van der Waals surface area contributed by atoms with Crippen molar-refractivity contribution in [1.82, 2.24) is 4.57 Å². The first-order valence-electron chi connectivity index (χ1n) is 6.20. The Labute approximate surface area is 116 Å². The minimum atomic E-state index is -0.487. The van der Waals surface area contributed by atoms with E-state index in [0.29, 0.717) is 17.9 Å². The summed E-state index contributed by atoms with van der Waals surface area (Å²) in [6.45, 7) is 2.02. The van der Waals surface area contributed by atoms with Gasteiger partial charge in [0.2, 0.25) is 0 Å². The number of fused-ring (bicyclic) bond motifs is 1. The fourth-order valence-corrected chi connectivity index (χ4v) is 1.92. The van der Waals surface area contributed by atoms with E-state index in [4.69, 9.17) is 9.47 Å². The second kappa shape index (κ2) is 6.06. The lowest BCUT2D eigenvalue weighted by Crippen LogP contribution is -2.15. The van der Waals surface area contributed by atoms with Gasteiger partial charge in [0.15, 0.2) is 0 Å². The lowest BCUT2D eigenvalue weighted by atomic mass is 10.2. The average Bonchev–Trinajstić information content (AvgIpc) is 2.46. The van der Waals surface area contributed by atoms with Crippen LogP contribution in [0.15, 0.2) is 41.2 Å². The SMILES string of the molecule is CCOC(=O)/C=C/n1c(=O)cc(OC)c2ccccc21. The van der Waals surface area contributed by atoms with E-state index in [2.05, 4.69) is 0 Å². The molecule has 1 heterocycles. The van der Waals surface area contributed by atoms with E-state index in [-0.39, 0.29) is 5.56 Å². The van der Waals surface area contributed by atoms with E-state index in [1.165, 1.54) is 30.0 Å². The van der Waals surface area contributed by atoms with Gasteiger partial charge in [0.1, 0.15) is 5.75 Å². The van der Waals surface area contributed by atoms with Crippen molar-refractivity contribution < 1.29 is 14.3 Å². The predicted octanol–water partition coefficient (Wildman–Crippen LogP) is 2.04. The third-order valence-electron chi connectivity index (χ3n) is 2.79. The van der Waals surface area contributed by atoms with E-state index in [9.17, 15) is 9.59 Å². The average molecular weight is 273 g/mol. The molecule has 0 fully saturated rings. The zero-order valence-electron chi connectivity index (χ0n) is 11.3. The number of esters is 1.